The van der Waals surface area contributed by atoms with E-state index in [1.807, 2.05) is 13.8 Å². The third kappa shape index (κ3) is 2.37. The molecule has 0 amide bonds. The van der Waals surface area contributed by atoms with E-state index < -0.39 is 6.17 Å². The van der Waals surface area contributed by atoms with Crippen LogP contribution >= 0.6 is 11.6 Å². The smallest absolute Gasteiger partial charge is 0.157 e. The molecular weight excluding hydrogens is 191 g/mol. The summed E-state index contributed by atoms with van der Waals surface area (Å²) in [6.07, 6.45) is -1.10. The van der Waals surface area contributed by atoms with Gasteiger partial charge in [-0.15, -0.1) is 5.10 Å². The third-order valence-electron chi connectivity index (χ3n) is 1.81. The standard InChI is InChI=1S/C9H12ClFN2/c1-5(2)8-4-7(6(3)11)9(10)13-12-8/h4-6H,1-3H3. The molecule has 0 saturated carbocycles. The molecule has 0 aliphatic heterocycles. The van der Waals surface area contributed by atoms with Crippen LogP contribution in [0, 0.1) is 0 Å². The molecule has 0 bridgehead atoms. The quantitative estimate of drug-likeness (QED) is 0.736. The van der Waals surface area contributed by atoms with Gasteiger partial charge >= 0.3 is 0 Å². The number of aromatic nitrogens is 2. The van der Waals surface area contributed by atoms with Crippen LogP contribution in [0.1, 0.15) is 44.1 Å². The third-order valence-corrected chi connectivity index (χ3v) is 2.11. The van der Waals surface area contributed by atoms with Crippen molar-refractivity contribution in [3.05, 3.63) is 22.5 Å². The lowest BCUT2D eigenvalue weighted by Crippen LogP contribution is -2.00. The Kier molecular flexibility index (Phi) is 3.20. The van der Waals surface area contributed by atoms with Crippen LogP contribution < -0.4 is 0 Å². The summed E-state index contributed by atoms with van der Waals surface area (Å²) < 4.78 is 13.0. The summed E-state index contributed by atoms with van der Waals surface area (Å²) in [5.41, 5.74) is 1.18. The van der Waals surface area contributed by atoms with Gasteiger partial charge in [-0.2, -0.15) is 5.10 Å². The molecule has 0 radical (unpaired) electrons. The van der Waals surface area contributed by atoms with Gasteiger partial charge in [0.15, 0.2) is 5.15 Å². The Balaban J connectivity index is 3.11. The maximum Gasteiger partial charge on any atom is 0.157 e. The second kappa shape index (κ2) is 4.01. The lowest BCUT2D eigenvalue weighted by molar-refractivity contribution is 0.372. The van der Waals surface area contributed by atoms with Gasteiger partial charge in [0, 0.05) is 5.56 Å². The zero-order valence-electron chi connectivity index (χ0n) is 7.88. The fourth-order valence-corrected chi connectivity index (χ4v) is 1.21. The lowest BCUT2D eigenvalue weighted by Gasteiger charge is -2.08. The van der Waals surface area contributed by atoms with Crippen molar-refractivity contribution in [1.82, 2.24) is 10.2 Å². The van der Waals surface area contributed by atoms with Crippen molar-refractivity contribution >= 4 is 11.6 Å². The van der Waals surface area contributed by atoms with E-state index in [1.165, 1.54) is 6.92 Å². The van der Waals surface area contributed by atoms with E-state index >= 15 is 0 Å². The fourth-order valence-electron chi connectivity index (χ4n) is 0.968. The molecule has 0 aromatic carbocycles. The molecule has 13 heavy (non-hydrogen) atoms. The molecule has 0 aliphatic rings. The summed E-state index contributed by atoms with van der Waals surface area (Å²) in [4.78, 5) is 0. The highest BCUT2D eigenvalue weighted by Gasteiger charge is 2.12. The number of halogens is 2. The van der Waals surface area contributed by atoms with Crippen molar-refractivity contribution in [3.8, 4) is 0 Å². The SMILES string of the molecule is CC(C)c1cc(C(C)F)c(Cl)nn1. The summed E-state index contributed by atoms with van der Waals surface area (Å²) in [6, 6.07) is 1.67. The highest BCUT2D eigenvalue weighted by Crippen LogP contribution is 2.25. The largest absolute Gasteiger partial charge is 0.242 e. The van der Waals surface area contributed by atoms with Crippen LogP contribution in [0.25, 0.3) is 0 Å². The minimum Gasteiger partial charge on any atom is -0.242 e. The second-order valence-corrected chi connectivity index (χ2v) is 3.64. The average molecular weight is 203 g/mol. The summed E-state index contributed by atoms with van der Waals surface area (Å²) >= 11 is 5.68. The van der Waals surface area contributed by atoms with Crippen LogP contribution in [0.5, 0.6) is 0 Å². The predicted octanol–water partition coefficient (Wildman–Crippen LogP) is 3.28. The zero-order valence-corrected chi connectivity index (χ0v) is 8.64. The highest BCUT2D eigenvalue weighted by molar-refractivity contribution is 6.30. The lowest BCUT2D eigenvalue weighted by atomic mass is 10.1. The topological polar surface area (TPSA) is 25.8 Å². The molecule has 4 heteroatoms. The van der Waals surface area contributed by atoms with Crippen LogP contribution in [-0.4, -0.2) is 10.2 Å². The van der Waals surface area contributed by atoms with E-state index in [9.17, 15) is 4.39 Å². The minimum absolute atomic E-state index is 0.152. The first kappa shape index (κ1) is 10.4. The number of hydrogen-bond acceptors (Lipinski definition) is 2. The molecule has 1 aromatic rings. The predicted molar refractivity (Wildman–Crippen MR) is 50.7 cm³/mol. The van der Waals surface area contributed by atoms with E-state index in [2.05, 4.69) is 10.2 Å². The van der Waals surface area contributed by atoms with E-state index in [4.69, 9.17) is 11.6 Å². The van der Waals surface area contributed by atoms with Crippen molar-refractivity contribution < 1.29 is 4.39 Å². The van der Waals surface area contributed by atoms with Gasteiger partial charge in [-0.3, -0.25) is 0 Å². The highest BCUT2D eigenvalue weighted by atomic mass is 35.5. The van der Waals surface area contributed by atoms with Crippen LogP contribution in [0.2, 0.25) is 5.15 Å². The minimum atomic E-state index is -1.10. The van der Waals surface area contributed by atoms with Gasteiger partial charge in [0.25, 0.3) is 0 Å². The van der Waals surface area contributed by atoms with Gasteiger partial charge in [0.05, 0.1) is 5.69 Å². The molecule has 2 nitrogen and oxygen atoms in total. The van der Waals surface area contributed by atoms with E-state index in [0.29, 0.717) is 5.56 Å². The maximum atomic E-state index is 13.0. The molecule has 0 fully saturated rings. The van der Waals surface area contributed by atoms with E-state index in [-0.39, 0.29) is 11.1 Å². The summed E-state index contributed by atoms with van der Waals surface area (Å²) in [7, 11) is 0. The Morgan fingerprint density at radius 3 is 2.38 bits per heavy atom. The van der Waals surface area contributed by atoms with Crippen LogP contribution in [0.4, 0.5) is 4.39 Å². The molecule has 1 heterocycles. The monoisotopic (exact) mass is 202 g/mol. The summed E-state index contributed by atoms with van der Waals surface area (Å²) in [5, 5.41) is 7.72. The van der Waals surface area contributed by atoms with Gasteiger partial charge in [-0.25, -0.2) is 4.39 Å². The second-order valence-electron chi connectivity index (χ2n) is 3.29. The normalized spacial score (nSPS) is 13.4. The van der Waals surface area contributed by atoms with Gasteiger partial charge in [0.2, 0.25) is 0 Å². The Hall–Kier alpha value is -0.700. The number of nitrogens with zero attached hydrogens (tertiary/aromatic N) is 2. The van der Waals surface area contributed by atoms with Crippen molar-refractivity contribution in [2.45, 2.75) is 32.9 Å². The zero-order chi connectivity index (χ0) is 10.0. The molecule has 0 aliphatic carbocycles. The molecule has 0 spiro atoms. The molecule has 1 aromatic heterocycles. The Bertz CT molecular complexity index is 300. The number of rotatable bonds is 2. The van der Waals surface area contributed by atoms with Crippen LogP contribution in [-0.2, 0) is 0 Å². The van der Waals surface area contributed by atoms with Crippen LogP contribution in [0.15, 0.2) is 6.07 Å². The van der Waals surface area contributed by atoms with Crippen LogP contribution in [0.3, 0.4) is 0 Å². The van der Waals surface area contributed by atoms with Gasteiger partial charge in [-0.05, 0) is 18.9 Å². The van der Waals surface area contributed by atoms with Gasteiger partial charge < -0.3 is 0 Å². The molecular formula is C9H12ClFN2. The molecule has 72 valence electrons. The molecule has 1 rings (SSSR count). The number of alkyl halides is 1. The maximum absolute atomic E-state index is 13.0. The summed E-state index contributed by atoms with van der Waals surface area (Å²) in [6.45, 7) is 5.39. The Labute approximate surface area is 82.1 Å². The molecule has 0 N–H and O–H groups in total. The van der Waals surface area contributed by atoms with E-state index in [1.54, 1.807) is 6.07 Å². The van der Waals surface area contributed by atoms with Crippen molar-refractivity contribution in [2.24, 2.45) is 0 Å². The average Bonchev–Trinajstić information content (AvgIpc) is 2.04. The fraction of sp³-hybridized carbons (Fsp3) is 0.556. The number of hydrogen-bond donors (Lipinski definition) is 0. The van der Waals surface area contributed by atoms with Gasteiger partial charge in [0.1, 0.15) is 6.17 Å². The van der Waals surface area contributed by atoms with Crippen molar-refractivity contribution in [1.29, 1.82) is 0 Å². The van der Waals surface area contributed by atoms with Crippen molar-refractivity contribution in [2.75, 3.05) is 0 Å². The molecule has 1 atom stereocenters. The Morgan fingerprint density at radius 2 is 1.92 bits per heavy atom. The molecule has 1 unspecified atom stereocenters. The molecule has 0 saturated heterocycles. The summed E-state index contributed by atoms with van der Waals surface area (Å²) in [5.74, 6) is 0.238. The Morgan fingerprint density at radius 1 is 1.31 bits per heavy atom. The van der Waals surface area contributed by atoms with Crippen molar-refractivity contribution in [3.63, 3.8) is 0 Å². The van der Waals surface area contributed by atoms with Gasteiger partial charge in [-0.1, -0.05) is 25.4 Å². The van der Waals surface area contributed by atoms with E-state index in [0.717, 1.165) is 5.69 Å². The first-order valence-corrected chi connectivity index (χ1v) is 4.57. The first-order valence-electron chi connectivity index (χ1n) is 4.19. The first-order chi connectivity index (χ1) is 6.02.